The second-order valence-corrected chi connectivity index (χ2v) is 4.38. The van der Waals surface area contributed by atoms with Gasteiger partial charge in [-0.05, 0) is 0 Å². The Kier molecular flexibility index (Phi) is 2.00. The van der Waals surface area contributed by atoms with Gasteiger partial charge in [0.05, 0.1) is 31.9 Å². The van der Waals surface area contributed by atoms with E-state index in [1.165, 1.54) is 7.11 Å². The maximum absolute atomic E-state index is 13.5. The molecule has 2 aliphatic heterocycles. The molecule has 0 radical (unpaired) electrons. The average molecular weight is 225 g/mol. The molecule has 0 aliphatic carbocycles. The van der Waals surface area contributed by atoms with E-state index in [0.29, 0.717) is 5.82 Å². The molecule has 2 aliphatic rings. The van der Waals surface area contributed by atoms with Crippen LogP contribution in [0.5, 0.6) is 6.01 Å². The summed E-state index contributed by atoms with van der Waals surface area (Å²) in [6.45, 7) is 3.13. The fourth-order valence-electron chi connectivity index (χ4n) is 2.15. The number of aromatic nitrogens is 2. The molecule has 0 amide bonds. The van der Waals surface area contributed by atoms with Crippen molar-refractivity contribution in [3.8, 4) is 6.01 Å². The molecule has 2 fully saturated rings. The summed E-state index contributed by atoms with van der Waals surface area (Å²) in [5.74, 6) is -0.0831. The minimum absolute atomic E-state index is 0.196. The fourth-order valence-corrected chi connectivity index (χ4v) is 2.15. The average Bonchev–Trinajstić information content (AvgIpc) is 2.16. The third-order valence-electron chi connectivity index (χ3n) is 3.05. The van der Waals surface area contributed by atoms with Crippen LogP contribution in [-0.2, 0) is 4.74 Å². The highest BCUT2D eigenvalue weighted by Gasteiger charge is 2.50. The van der Waals surface area contributed by atoms with E-state index in [9.17, 15) is 4.39 Å². The zero-order valence-corrected chi connectivity index (χ0v) is 8.94. The van der Waals surface area contributed by atoms with Gasteiger partial charge in [0.2, 0.25) is 0 Å². The Morgan fingerprint density at radius 3 is 2.81 bits per heavy atom. The number of halogens is 1. The van der Waals surface area contributed by atoms with Crippen LogP contribution in [0, 0.1) is 11.2 Å². The molecular weight excluding hydrogens is 213 g/mol. The molecule has 0 bridgehead atoms. The number of methoxy groups -OCH3 is 1. The summed E-state index contributed by atoms with van der Waals surface area (Å²) in [6, 6.07) is 0.196. The summed E-state index contributed by atoms with van der Waals surface area (Å²) in [6.07, 6.45) is 1.14. The first-order valence-electron chi connectivity index (χ1n) is 5.12. The van der Waals surface area contributed by atoms with Crippen LogP contribution in [0.25, 0.3) is 0 Å². The standard InChI is InChI=1S/C10H12FN3O2/c1-15-9-12-2-7(11)8(13-9)14-3-10(4-14)5-16-6-10/h2H,3-6H2,1H3. The first-order chi connectivity index (χ1) is 7.72. The Balaban J connectivity index is 1.79. The van der Waals surface area contributed by atoms with Crippen LogP contribution in [-0.4, -0.2) is 43.4 Å². The van der Waals surface area contributed by atoms with Crippen LogP contribution in [0.1, 0.15) is 0 Å². The van der Waals surface area contributed by atoms with E-state index in [-0.39, 0.29) is 11.4 Å². The third kappa shape index (κ3) is 1.33. The van der Waals surface area contributed by atoms with Crippen molar-refractivity contribution in [3.05, 3.63) is 12.0 Å². The normalized spacial score (nSPS) is 21.5. The molecule has 1 aromatic rings. The largest absolute Gasteiger partial charge is 0.467 e. The summed E-state index contributed by atoms with van der Waals surface area (Å²) in [7, 11) is 1.47. The number of hydrogen-bond donors (Lipinski definition) is 0. The van der Waals surface area contributed by atoms with E-state index >= 15 is 0 Å². The van der Waals surface area contributed by atoms with Crippen LogP contribution >= 0.6 is 0 Å². The molecule has 0 saturated carbocycles. The quantitative estimate of drug-likeness (QED) is 0.731. The maximum Gasteiger partial charge on any atom is 0.318 e. The van der Waals surface area contributed by atoms with Gasteiger partial charge in [-0.2, -0.15) is 4.98 Å². The first kappa shape index (κ1) is 9.77. The lowest BCUT2D eigenvalue weighted by Gasteiger charge is -2.55. The minimum atomic E-state index is -0.407. The predicted molar refractivity (Wildman–Crippen MR) is 54.0 cm³/mol. The van der Waals surface area contributed by atoms with Crippen molar-refractivity contribution in [2.24, 2.45) is 5.41 Å². The van der Waals surface area contributed by atoms with Crippen molar-refractivity contribution >= 4 is 5.82 Å². The van der Waals surface area contributed by atoms with Crippen LogP contribution in [0.15, 0.2) is 6.20 Å². The van der Waals surface area contributed by atoms with Crippen LogP contribution < -0.4 is 9.64 Å². The molecule has 16 heavy (non-hydrogen) atoms. The summed E-state index contributed by atoms with van der Waals surface area (Å²) >= 11 is 0. The molecule has 1 aromatic heterocycles. The molecule has 0 atom stereocenters. The molecule has 0 N–H and O–H groups in total. The van der Waals surface area contributed by atoms with Gasteiger partial charge in [-0.1, -0.05) is 0 Å². The maximum atomic E-state index is 13.5. The van der Waals surface area contributed by atoms with Gasteiger partial charge in [0, 0.05) is 13.1 Å². The Hall–Kier alpha value is -1.43. The van der Waals surface area contributed by atoms with Crippen LogP contribution in [0.4, 0.5) is 10.2 Å². The second-order valence-electron chi connectivity index (χ2n) is 4.38. The highest BCUT2D eigenvalue weighted by atomic mass is 19.1. The molecule has 86 valence electrons. The van der Waals surface area contributed by atoms with E-state index in [0.717, 1.165) is 32.5 Å². The van der Waals surface area contributed by atoms with Gasteiger partial charge in [0.15, 0.2) is 11.6 Å². The molecule has 0 aromatic carbocycles. The van der Waals surface area contributed by atoms with E-state index in [1.807, 2.05) is 4.90 Å². The third-order valence-corrected chi connectivity index (χ3v) is 3.05. The van der Waals surface area contributed by atoms with E-state index in [4.69, 9.17) is 9.47 Å². The Morgan fingerprint density at radius 2 is 2.25 bits per heavy atom. The highest BCUT2D eigenvalue weighted by Crippen LogP contribution is 2.40. The van der Waals surface area contributed by atoms with Gasteiger partial charge < -0.3 is 14.4 Å². The summed E-state index contributed by atoms with van der Waals surface area (Å²) < 4.78 is 23.5. The van der Waals surface area contributed by atoms with Gasteiger partial charge in [-0.3, -0.25) is 0 Å². The van der Waals surface area contributed by atoms with E-state index in [2.05, 4.69) is 9.97 Å². The summed E-state index contributed by atoms with van der Waals surface area (Å²) in [5, 5.41) is 0. The lowest BCUT2D eigenvalue weighted by molar-refractivity contribution is -0.127. The minimum Gasteiger partial charge on any atom is -0.467 e. The topological polar surface area (TPSA) is 47.5 Å². The van der Waals surface area contributed by atoms with Crippen molar-refractivity contribution in [1.82, 2.24) is 9.97 Å². The molecule has 3 heterocycles. The van der Waals surface area contributed by atoms with Gasteiger partial charge in [0.25, 0.3) is 0 Å². The Labute approximate surface area is 92.2 Å². The molecule has 2 saturated heterocycles. The van der Waals surface area contributed by atoms with Crippen LogP contribution in [0.3, 0.4) is 0 Å². The summed E-state index contributed by atoms with van der Waals surface area (Å²) in [5.41, 5.74) is 0.241. The van der Waals surface area contributed by atoms with Gasteiger partial charge >= 0.3 is 6.01 Å². The number of nitrogens with zero attached hydrogens (tertiary/aromatic N) is 3. The van der Waals surface area contributed by atoms with E-state index in [1.54, 1.807) is 0 Å². The monoisotopic (exact) mass is 225 g/mol. The molecular formula is C10H12FN3O2. The number of rotatable bonds is 2. The summed E-state index contributed by atoms with van der Waals surface area (Å²) in [4.78, 5) is 9.61. The Bertz CT molecular complexity index is 415. The van der Waals surface area contributed by atoms with Gasteiger partial charge in [-0.25, -0.2) is 9.37 Å². The van der Waals surface area contributed by atoms with Gasteiger partial charge in [0.1, 0.15) is 0 Å². The van der Waals surface area contributed by atoms with E-state index < -0.39 is 5.82 Å². The molecule has 1 spiro atoms. The first-order valence-corrected chi connectivity index (χ1v) is 5.12. The number of anilines is 1. The lowest BCUT2D eigenvalue weighted by Crippen LogP contribution is -2.66. The van der Waals surface area contributed by atoms with Crippen LogP contribution in [0.2, 0.25) is 0 Å². The van der Waals surface area contributed by atoms with Gasteiger partial charge in [-0.15, -0.1) is 0 Å². The fraction of sp³-hybridized carbons (Fsp3) is 0.600. The second kappa shape index (κ2) is 3.28. The highest BCUT2D eigenvalue weighted by molar-refractivity contribution is 5.45. The lowest BCUT2D eigenvalue weighted by atomic mass is 9.78. The Morgan fingerprint density at radius 1 is 1.50 bits per heavy atom. The zero-order chi connectivity index (χ0) is 11.2. The molecule has 6 heteroatoms. The zero-order valence-electron chi connectivity index (χ0n) is 8.94. The number of ether oxygens (including phenoxy) is 2. The molecule has 5 nitrogen and oxygen atoms in total. The van der Waals surface area contributed by atoms with Crippen molar-refractivity contribution < 1.29 is 13.9 Å². The smallest absolute Gasteiger partial charge is 0.318 e. The van der Waals surface area contributed by atoms with Crippen molar-refractivity contribution in [3.63, 3.8) is 0 Å². The molecule has 0 unspecified atom stereocenters. The van der Waals surface area contributed by atoms with Crippen molar-refractivity contribution in [2.45, 2.75) is 0 Å². The molecule has 3 rings (SSSR count). The van der Waals surface area contributed by atoms with Crippen molar-refractivity contribution in [2.75, 3.05) is 38.3 Å². The number of hydrogen-bond acceptors (Lipinski definition) is 5. The predicted octanol–water partition coefficient (Wildman–Crippen LogP) is 0.461. The van der Waals surface area contributed by atoms with Crippen molar-refractivity contribution in [1.29, 1.82) is 0 Å². The SMILES string of the molecule is COc1ncc(F)c(N2CC3(COC3)C2)n1.